The fourth-order valence-corrected chi connectivity index (χ4v) is 5.24. The fourth-order valence-electron chi connectivity index (χ4n) is 4.13. The largest absolute Gasteiger partial charge is 0.461 e. The number of carbonyl (C=O) groups is 2. The first-order chi connectivity index (χ1) is 14.9. The van der Waals surface area contributed by atoms with E-state index in [-0.39, 0.29) is 17.4 Å². The average molecular weight is 459 g/mol. The zero-order valence-electron chi connectivity index (χ0n) is 17.4. The van der Waals surface area contributed by atoms with E-state index in [2.05, 4.69) is 10.2 Å². The molecular weight excluding hydrogens is 436 g/mol. The Kier molecular flexibility index (Phi) is 6.20. The zero-order valence-corrected chi connectivity index (χ0v) is 18.9. The number of carbonyl (C=O) groups excluding carboxylic acids is 2. The van der Waals surface area contributed by atoms with E-state index in [1.165, 1.54) is 11.8 Å². The van der Waals surface area contributed by atoms with Crippen LogP contribution in [0, 0.1) is 0 Å². The van der Waals surface area contributed by atoms with Crippen LogP contribution in [0.25, 0.3) is 11.6 Å². The third-order valence-corrected chi connectivity index (χ3v) is 7.16. The van der Waals surface area contributed by atoms with Crippen LogP contribution < -0.4 is 0 Å². The van der Waals surface area contributed by atoms with Gasteiger partial charge in [0.15, 0.2) is 22.5 Å². The molecule has 1 unspecified atom stereocenters. The van der Waals surface area contributed by atoms with Crippen molar-refractivity contribution in [3.63, 3.8) is 0 Å². The van der Waals surface area contributed by atoms with Crippen molar-refractivity contribution in [3.05, 3.63) is 53.2 Å². The Morgan fingerprint density at radius 2 is 2.06 bits per heavy atom. The van der Waals surface area contributed by atoms with E-state index in [1.54, 1.807) is 41.0 Å². The van der Waals surface area contributed by atoms with Crippen molar-refractivity contribution in [2.45, 2.75) is 36.4 Å². The molecule has 1 aromatic carbocycles. The number of halogens is 1. The summed E-state index contributed by atoms with van der Waals surface area (Å²) in [7, 11) is 3.52. The van der Waals surface area contributed by atoms with Crippen LogP contribution in [-0.4, -0.2) is 44.2 Å². The molecule has 1 amide bonds. The molecule has 0 radical (unpaired) electrons. The molecule has 0 aliphatic heterocycles. The van der Waals surface area contributed by atoms with Gasteiger partial charge in [-0.15, -0.1) is 10.2 Å². The molecule has 3 aromatic rings. The van der Waals surface area contributed by atoms with E-state index in [1.807, 2.05) is 25.2 Å². The number of amides is 1. The first kappa shape index (κ1) is 21.6. The molecule has 1 aliphatic rings. The second-order valence-corrected chi connectivity index (χ2v) is 8.90. The SMILES string of the molecule is CN(C(=O)CSc1nnc(-c2ccco2)n1C)C1(c2ccccc2Cl)CCCCC1=O. The highest BCUT2D eigenvalue weighted by Crippen LogP contribution is 2.42. The second-order valence-electron chi connectivity index (χ2n) is 7.55. The molecule has 31 heavy (non-hydrogen) atoms. The average Bonchev–Trinajstić information content (AvgIpc) is 3.42. The van der Waals surface area contributed by atoms with Gasteiger partial charge in [0.25, 0.3) is 0 Å². The van der Waals surface area contributed by atoms with Crippen molar-refractivity contribution in [2.24, 2.45) is 7.05 Å². The summed E-state index contributed by atoms with van der Waals surface area (Å²) in [5.74, 6) is 1.19. The Labute approximate surface area is 189 Å². The van der Waals surface area contributed by atoms with Gasteiger partial charge in [-0.1, -0.05) is 41.6 Å². The first-order valence-corrected chi connectivity index (χ1v) is 11.4. The number of Topliss-reactive ketones (excluding diaryl/α,β-unsaturated/α-hetero) is 1. The molecule has 1 aliphatic carbocycles. The van der Waals surface area contributed by atoms with Crippen molar-refractivity contribution in [1.82, 2.24) is 19.7 Å². The van der Waals surface area contributed by atoms with E-state index < -0.39 is 5.54 Å². The van der Waals surface area contributed by atoms with Crippen LogP contribution in [0.2, 0.25) is 5.02 Å². The smallest absolute Gasteiger partial charge is 0.233 e. The van der Waals surface area contributed by atoms with Crippen LogP contribution >= 0.6 is 23.4 Å². The van der Waals surface area contributed by atoms with Crippen molar-refractivity contribution in [3.8, 4) is 11.6 Å². The normalized spacial score (nSPS) is 18.9. The van der Waals surface area contributed by atoms with Crippen LogP contribution in [0.5, 0.6) is 0 Å². The number of thioether (sulfide) groups is 1. The standard InChI is InChI=1S/C22H23ClN4O3S/c1-26-20(17-10-7-13-30-17)24-25-21(26)31-14-19(29)27(2)22(12-6-5-11-18(22)28)15-8-3-4-9-16(15)23/h3-4,7-10,13H,5-6,11-12,14H2,1-2H3. The van der Waals surface area contributed by atoms with Crippen LogP contribution in [0.15, 0.2) is 52.2 Å². The molecule has 9 heteroatoms. The molecular formula is C22H23ClN4O3S. The van der Waals surface area contributed by atoms with Crippen LogP contribution in [0.1, 0.15) is 31.2 Å². The van der Waals surface area contributed by atoms with Crippen LogP contribution in [-0.2, 0) is 22.2 Å². The molecule has 1 fully saturated rings. The minimum atomic E-state index is -1.03. The second kappa shape index (κ2) is 8.88. The molecule has 0 bridgehead atoms. The number of ketones is 1. The minimum Gasteiger partial charge on any atom is -0.461 e. The summed E-state index contributed by atoms with van der Waals surface area (Å²) < 4.78 is 7.17. The van der Waals surface area contributed by atoms with Gasteiger partial charge in [-0.25, -0.2) is 0 Å². The maximum absolute atomic E-state index is 13.2. The van der Waals surface area contributed by atoms with Crippen molar-refractivity contribution in [1.29, 1.82) is 0 Å². The predicted molar refractivity (Wildman–Crippen MR) is 119 cm³/mol. The molecule has 1 saturated carbocycles. The molecule has 162 valence electrons. The van der Waals surface area contributed by atoms with E-state index >= 15 is 0 Å². The summed E-state index contributed by atoms with van der Waals surface area (Å²) in [6, 6.07) is 10.9. The van der Waals surface area contributed by atoms with Gasteiger partial charge >= 0.3 is 0 Å². The Bertz CT molecular complexity index is 1100. The quantitative estimate of drug-likeness (QED) is 0.512. The van der Waals surface area contributed by atoms with E-state index in [4.69, 9.17) is 16.0 Å². The van der Waals surface area contributed by atoms with Crippen LogP contribution in [0.3, 0.4) is 0 Å². The topological polar surface area (TPSA) is 81.2 Å². The highest BCUT2D eigenvalue weighted by molar-refractivity contribution is 7.99. The Balaban J connectivity index is 1.56. The Hall–Kier alpha value is -2.58. The lowest BCUT2D eigenvalue weighted by molar-refractivity contribution is -0.146. The lowest BCUT2D eigenvalue weighted by Gasteiger charge is -2.44. The van der Waals surface area contributed by atoms with Gasteiger partial charge in [-0.2, -0.15) is 0 Å². The molecule has 2 heterocycles. The van der Waals surface area contributed by atoms with Gasteiger partial charge in [-0.05, 0) is 37.5 Å². The number of aromatic nitrogens is 3. The van der Waals surface area contributed by atoms with Crippen LogP contribution in [0.4, 0.5) is 0 Å². The van der Waals surface area contributed by atoms with Gasteiger partial charge in [0.05, 0.1) is 12.0 Å². The Morgan fingerprint density at radius 3 is 2.77 bits per heavy atom. The van der Waals surface area contributed by atoms with Crippen molar-refractivity contribution in [2.75, 3.05) is 12.8 Å². The van der Waals surface area contributed by atoms with Gasteiger partial charge in [-0.3, -0.25) is 9.59 Å². The number of benzene rings is 1. The molecule has 0 N–H and O–H groups in total. The van der Waals surface area contributed by atoms with Gasteiger partial charge < -0.3 is 13.9 Å². The van der Waals surface area contributed by atoms with Gasteiger partial charge in [0, 0.05) is 31.1 Å². The summed E-state index contributed by atoms with van der Waals surface area (Å²) in [6.45, 7) is 0. The molecule has 4 rings (SSSR count). The van der Waals surface area contributed by atoms with E-state index in [0.29, 0.717) is 40.2 Å². The molecule has 0 saturated heterocycles. The van der Waals surface area contributed by atoms with E-state index in [0.717, 1.165) is 12.8 Å². The third-order valence-electron chi connectivity index (χ3n) is 5.82. The summed E-state index contributed by atoms with van der Waals surface area (Å²) in [5.41, 5.74) is -0.339. The number of hydrogen-bond donors (Lipinski definition) is 0. The third kappa shape index (κ3) is 3.90. The predicted octanol–water partition coefficient (Wildman–Crippen LogP) is 4.32. The lowest BCUT2D eigenvalue weighted by Crippen LogP contribution is -2.54. The fraction of sp³-hybridized carbons (Fsp3) is 0.364. The molecule has 0 spiro atoms. The van der Waals surface area contributed by atoms with Gasteiger partial charge in [0.1, 0.15) is 5.54 Å². The maximum atomic E-state index is 13.2. The molecule has 2 aromatic heterocycles. The summed E-state index contributed by atoms with van der Waals surface area (Å²) in [5, 5.41) is 9.43. The number of nitrogens with zero attached hydrogens (tertiary/aromatic N) is 4. The molecule has 1 atom stereocenters. The van der Waals surface area contributed by atoms with Gasteiger partial charge in [0.2, 0.25) is 5.91 Å². The van der Waals surface area contributed by atoms with Crippen molar-refractivity contribution >= 4 is 35.1 Å². The summed E-state index contributed by atoms with van der Waals surface area (Å²) >= 11 is 7.76. The van der Waals surface area contributed by atoms with E-state index in [9.17, 15) is 9.59 Å². The Morgan fingerprint density at radius 1 is 1.26 bits per heavy atom. The van der Waals surface area contributed by atoms with Crippen molar-refractivity contribution < 1.29 is 14.0 Å². The number of likely N-dealkylation sites (N-methyl/N-ethyl adjacent to an activating group) is 1. The summed E-state index contributed by atoms with van der Waals surface area (Å²) in [6.07, 6.45) is 4.26. The highest BCUT2D eigenvalue weighted by atomic mass is 35.5. The number of furan rings is 1. The molecule has 7 nitrogen and oxygen atoms in total. The summed E-state index contributed by atoms with van der Waals surface area (Å²) in [4.78, 5) is 28.0. The number of rotatable bonds is 6. The number of hydrogen-bond acceptors (Lipinski definition) is 6. The highest BCUT2D eigenvalue weighted by Gasteiger charge is 2.47. The minimum absolute atomic E-state index is 0.0338. The zero-order chi connectivity index (χ0) is 22.0. The first-order valence-electron chi connectivity index (χ1n) is 10.1. The lowest BCUT2D eigenvalue weighted by atomic mass is 9.74. The monoisotopic (exact) mass is 458 g/mol. The maximum Gasteiger partial charge on any atom is 0.233 e.